The average Bonchev–Trinajstić information content (AvgIpc) is 3.32. The molecule has 16 heteroatoms. The van der Waals surface area contributed by atoms with Gasteiger partial charge in [0.2, 0.25) is 10.3 Å². The van der Waals surface area contributed by atoms with E-state index in [1.807, 2.05) is 0 Å². The van der Waals surface area contributed by atoms with E-state index in [0.717, 1.165) is 62.3 Å². The summed E-state index contributed by atoms with van der Waals surface area (Å²) in [5.74, 6) is -3.51. The highest BCUT2D eigenvalue weighted by atomic mass is 32.1. The third-order valence-corrected chi connectivity index (χ3v) is 6.78. The van der Waals surface area contributed by atoms with Gasteiger partial charge in [0.25, 0.3) is 5.91 Å². The van der Waals surface area contributed by atoms with E-state index in [4.69, 9.17) is 9.84 Å². The van der Waals surface area contributed by atoms with E-state index in [1.54, 1.807) is 0 Å². The molecule has 3 N–H and O–H groups in total. The van der Waals surface area contributed by atoms with Crippen molar-refractivity contribution in [1.82, 2.24) is 20.4 Å². The number of methoxy groups -OCH3 is 1. The molecule has 1 aromatic carbocycles. The second-order valence-electron chi connectivity index (χ2n) is 8.62. The molecule has 0 spiro atoms. The van der Waals surface area contributed by atoms with E-state index in [1.165, 1.54) is 12.3 Å². The molecule has 1 fully saturated rings. The summed E-state index contributed by atoms with van der Waals surface area (Å²) in [4.78, 5) is 23.9. The first kappa shape index (κ1) is 28.1. The van der Waals surface area contributed by atoms with Gasteiger partial charge in [-0.1, -0.05) is 11.3 Å². The number of hydrogen-bond acceptors (Lipinski definition) is 10. The number of alkyl halides is 3. The van der Waals surface area contributed by atoms with Gasteiger partial charge in [0.15, 0.2) is 6.10 Å². The highest BCUT2D eigenvalue weighted by Crippen LogP contribution is 2.34. The van der Waals surface area contributed by atoms with Gasteiger partial charge in [0, 0.05) is 24.6 Å². The molecule has 0 saturated heterocycles. The lowest BCUT2D eigenvalue weighted by Crippen LogP contribution is -2.25. The summed E-state index contributed by atoms with van der Waals surface area (Å²) in [6, 6.07) is 3.85. The lowest BCUT2D eigenvalue weighted by atomic mass is 9.84. The number of anilines is 2. The number of nitrogens with one attached hydrogen (secondary N) is 2. The molecular weight excluding hydrogens is 548 g/mol. The third-order valence-electron chi connectivity index (χ3n) is 6.01. The Balaban J connectivity index is 1.34. The van der Waals surface area contributed by atoms with Crippen LogP contribution in [0.5, 0.6) is 5.75 Å². The zero-order valence-electron chi connectivity index (χ0n) is 20.2. The molecule has 11 nitrogen and oxygen atoms in total. The Hall–Kier alpha value is -3.92. The van der Waals surface area contributed by atoms with Gasteiger partial charge in [0.1, 0.15) is 11.6 Å². The number of carbonyl (C=O) groups is 2. The molecule has 1 atom stereocenters. The third kappa shape index (κ3) is 7.35. The number of carboxylic acid groups (broad SMARTS) is 1. The lowest BCUT2D eigenvalue weighted by Gasteiger charge is -2.28. The molecule has 0 bridgehead atoms. The minimum absolute atomic E-state index is 0.0468. The van der Waals surface area contributed by atoms with Crippen molar-refractivity contribution in [3.63, 3.8) is 0 Å². The van der Waals surface area contributed by atoms with Gasteiger partial charge in [-0.15, -0.1) is 23.4 Å². The molecule has 1 aliphatic rings. The molecule has 0 aliphatic heterocycles. The molecular formula is C23H22F4N6O5S. The van der Waals surface area contributed by atoms with E-state index in [9.17, 15) is 27.2 Å². The summed E-state index contributed by atoms with van der Waals surface area (Å²) in [5.41, 5.74) is 0.272. The number of carbonyl (C=O) groups excluding carboxylic acids is 1. The first-order valence-corrected chi connectivity index (χ1v) is 12.4. The SMILES string of the molecule is CO[C@@H](C(=O)Nc1nnc(NC2CCC(c3cc(C(=O)O)cnn3)CC2)s1)c1cc(OC(F)(F)F)ccc1F. The number of hydrogen-bond donors (Lipinski definition) is 3. The van der Waals surface area contributed by atoms with E-state index >= 15 is 0 Å². The molecule has 39 heavy (non-hydrogen) atoms. The van der Waals surface area contributed by atoms with Crippen molar-refractivity contribution in [1.29, 1.82) is 0 Å². The zero-order chi connectivity index (χ0) is 28.2. The van der Waals surface area contributed by atoms with Gasteiger partial charge in [0.05, 0.1) is 17.5 Å². The monoisotopic (exact) mass is 570 g/mol. The number of aromatic carboxylic acids is 1. The number of rotatable bonds is 9. The van der Waals surface area contributed by atoms with Crippen LogP contribution in [-0.2, 0) is 9.53 Å². The average molecular weight is 571 g/mol. The molecule has 3 aromatic rings. The van der Waals surface area contributed by atoms with Crippen LogP contribution in [0.15, 0.2) is 30.5 Å². The summed E-state index contributed by atoms with van der Waals surface area (Å²) in [5, 5.41) is 31.0. The molecule has 2 heterocycles. The van der Waals surface area contributed by atoms with Crippen LogP contribution in [0.25, 0.3) is 0 Å². The number of benzene rings is 1. The van der Waals surface area contributed by atoms with Crippen molar-refractivity contribution >= 4 is 33.5 Å². The van der Waals surface area contributed by atoms with Gasteiger partial charge in [-0.2, -0.15) is 10.2 Å². The second-order valence-corrected chi connectivity index (χ2v) is 9.59. The molecule has 1 aliphatic carbocycles. The maximum atomic E-state index is 14.3. The lowest BCUT2D eigenvalue weighted by molar-refractivity contribution is -0.274. The van der Waals surface area contributed by atoms with Crippen molar-refractivity contribution < 1.29 is 41.7 Å². The highest BCUT2D eigenvalue weighted by Gasteiger charge is 2.33. The number of amides is 1. The Labute approximate surface area is 222 Å². The number of ether oxygens (including phenoxy) is 2. The number of carboxylic acids is 1. The summed E-state index contributed by atoms with van der Waals surface area (Å²) < 4.78 is 60.8. The van der Waals surface area contributed by atoms with Crippen molar-refractivity contribution in [3.8, 4) is 5.75 Å². The first-order valence-electron chi connectivity index (χ1n) is 11.6. The molecule has 4 rings (SSSR count). The van der Waals surface area contributed by atoms with Crippen LogP contribution < -0.4 is 15.4 Å². The predicted octanol–water partition coefficient (Wildman–Crippen LogP) is 4.53. The number of halogens is 4. The van der Waals surface area contributed by atoms with Crippen molar-refractivity contribution in [2.75, 3.05) is 17.7 Å². The Morgan fingerprint density at radius 2 is 1.82 bits per heavy atom. The largest absolute Gasteiger partial charge is 0.573 e. The standard InChI is InChI=1S/C23H22F4N6O5S/c1-37-18(15-9-14(6-7-16(15)24)38-23(25,26)27)19(34)30-22-33-32-21(39-22)29-13-4-2-11(3-5-13)17-8-12(20(35)36)10-28-31-17/h6-11,13,18H,2-5H2,1H3,(H,29,32)(H,35,36)(H,30,33,34)/t11?,13?,18-/m1/s1. The Morgan fingerprint density at radius 1 is 1.10 bits per heavy atom. The van der Waals surface area contributed by atoms with Crippen LogP contribution in [0.2, 0.25) is 0 Å². The molecule has 0 radical (unpaired) electrons. The van der Waals surface area contributed by atoms with Crippen LogP contribution in [0, 0.1) is 5.82 Å². The van der Waals surface area contributed by atoms with E-state index in [0.29, 0.717) is 10.8 Å². The summed E-state index contributed by atoms with van der Waals surface area (Å²) in [7, 11) is 1.11. The molecule has 1 saturated carbocycles. The van der Waals surface area contributed by atoms with Gasteiger partial charge in [-0.3, -0.25) is 10.1 Å². The topological polar surface area (TPSA) is 148 Å². The molecule has 208 valence electrons. The quantitative estimate of drug-likeness (QED) is 0.313. The maximum Gasteiger partial charge on any atom is 0.573 e. The molecule has 0 unspecified atom stereocenters. The van der Waals surface area contributed by atoms with E-state index in [2.05, 4.69) is 35.8 Å². The van der Waals surface area contributed by atoms with E-state index in [-0.39, 0.29) is 22.7 Å². The zero-order valence-corrected chi connectivity index (χ0v) is 21.1. The van der Waals surface area contributed by atoms with Crippen molar-refractivity contribution in [2.24, 2.45) is 0 Å². The van der Waals surface area contributed by atoms with Gasteiger partial charge >= 0.3 is 12.3 Å². The van der Waals surface area contributed by atoms with Crippen LogP contribution >= 0.6 is 11.3 Å². The van der Waals surface area contributed by atoms with Gasteiger partial charge < -0.3 is 19.9 Å². The summed E-state index contributed by atoms with van der Waals surface area (Å²) in [6.07, 6.45) is -2.39. The van der Waals surface area contributed by atoms with Gasteiger partial charge in [-0.05, 0) is 49.9 Å². The molecule has 2 aromatic heterocycles. The predicted molar refractivity (Wildman–Crippen MR) is 129 cm³/mol. The second kappa shape index (κ2) is 11.9. The fraction of sp³-hybridized carbons (Fsp3) is 0.391. The number of aromatic nitrogens is 4. The maximum absolute atomic E-state index is 14.3. The summed E-state index contributed by atoms with van der Waals surface area (Å²) >= 11 is 1.02. The summed E-state index contributed by atoms with van der Waals surface area (Å²) in [6.45, 7) is 0. The van der Waals surface area contributed by atoms with Crippen LogP contribution in [0.4, 0.5) is 27.8 Å². The highest BCUT2D eigenvalue weighted by molar-refractivity contribution is 7.19. The Kier molecular flexibility index (Phi) is 8.54. The molecule has 1 amide bonds. The van der Waals surface area contributed by atoms with E-state index < -0.39 is 41.5 Å². The van der Waals surface area contributed by atoms with Crippen LogP contribution in [0.3, 0.4) is 0 Å². The Morgan fingerprint density at radius 3 is 2.49 bits per heavy atom. The van der Waals surface area contributed by atoms with Crippen LogP contribution in [0.1, 0.15) is 59.3 Å². The van der Waals surface area contributed by atoms with Gasteiger partial charge in [-0.25, -0.2) is 9.18 Å². The fourth-order valence-corrected chi connectivity index (χ4v) is 4.93. The first-order chi connectivity index (χ1) is 18.5. The van der Waals surface area contributed by atoms with Crippen molar-refractivity contribution in [2.45, 2.75) is 50.1 Å². The Bertz CT molecular complexity index is 1330. The van der Waals surface area contributed by atoms with Crippen molar-refractivity contribution in [3.05, 3.63) is 53.1 Å². The smallest absolute Gasteiger partial charge is 0.478 e. The minimum atomic E-state index is -4.99. The number of nitrogens with zero attached hydrogens (tertiary/aromatic N) is 4. The minimum Gasteiger partial charge on any atom is -0.478 e. The fourth-order valence-electron chi connectivity index (χ4n) is 4.21. The van der Waals surface area contributed by atoms with Crippen LogP contribution in [-0.4, -0.2) is 56.9 Å². The normalized spacial score (nSPS) is 18.3.